The van der Waals surface area contributed by atoms with Gasteiger partial charge in [0, 0.05) is 16.7 Å². The second-order valence-corrected chi connectivity index (χ2v) is 8.38. The molecule has 0 unspecified atom stereocenters. The normalized spacial score (nSPS) is 11.1. The van der Waals surface area contributed by atoms with Crippen LogP contribution in [0.15, 0.2) is 78.9 Å². The Bertz CT molecular complexity index is 1240. The number of benzene rings is 4. The van der Waals surface area contributed by atoms with E-state index in [1.807, 2.05) is 36.4 Å². The molecule has 33 heavy (non-hydrogen) atoms. The molecule has 0 aliphatic heterocycles. The molecule has 0 aliphatic carbocycles. The highest BCUT2D eigenvalue weighted by Crippen LogP contribution is 2.34. The van der Waals surface area contributed by atoms with Gasteiger partial charge in [-0.25, -0.2) is 13.2 Å². The van der Waals surface area contributed by atoms with Crippen molar-refractivity contribution in [2.45, 2.75) is 39.5 Å². The average molecular weight is 445 g/mol. The van der Waals surface area contributed by atoms with Gasteiger partial charge in [-0.2, -0.15) is 0 Å². The average Bonchev–Trinajstić information content (AvgIpc) is 2.83. The van der Waals surface area contributed by atoms with Gasteiger partial charge in [0.05, 0.1) is 0 Å². The number of halogens is 3. The second kappa shape index (κ2) is 10.1. The first-order valence-corrected chi connectivity index (χ1v) is 11.5. The van der Waals surface area contributed by atoms with E-state index in [9.17, 15) is 8.78 Å². The molecule has 4 rings (SSSR count). The minimum Gasteiger partial charge on any atom is -0.206 e. The molecule has 4 aromatic carbocycles. The van der Waals surface area contributed by atoms with Gasteiger partial charge in [-0.05, 0) is 46.7 Å². The van der Waals surface area contributed by atoms with Crippen LogP contribution in [0.1, 0.15) is 37.8 Å². The summed E-state index contributed by atoms with van der Waals surface area (Å²) in [6, 6.07) is 23.0. The lowest BCUT2D eigenvalue weighted by Crippen LogP contribution is -1.96. The van der Waals surface area contributed by atoms with Crippen LogP contribution in [0.25, 0.3) is 33.4 Å². The molecule has 0 nitrogen and oxygen atoms in total. The van der Waals surface area contributed by atoms with E-state index in [-0.39, 0.29) is 16.7 Å². The van der Waals surface area contributed by atoms with Crippen LogP contribution < -0.4 is 0 Å². The maximum atomic E-state index is 15.0. The molecule has 0 radical (unpaired) electrons. The third kappa shape index (κ3) is 4.88. The number of hydrogen-bond donors (Lipinski definition) is 0. The van der Waals surface area contributed by atoms with E-state index in [0.717, 1.165) is 36.8 Å². The zero-order chi connectivity index (χ0) is 23.4. The molecule has 0 spiro atoms. The van der Waals surface area contributed by atoms with Crippen LogP contribution >= 0.6 is 0 Å². The van der Waals surface area contributed by atoms with Crippen molar-refractivity contribution < 1.29 is 13.2 Å². The monoisotopic (exact) mass is 444 g/mol. The van der Waals surface area contributed by atoms with Gasteiger partial charge in [0.15, 0.2) is 11.6 Å². The van der Waals surface area contributed by atoms with E-state index in [4.69, 9.17) is 0 Å². The molecule has 0 N–H and O–H groups in total. The van der Waals surface area contributed by atoms with Crippen LogP contribution in [-0.2, 0) is 12.8 Å². The third-order valence-corrected chi connectivity index (χ3v) is 5.97. The molecule has 0 aromatic heterocycles. The fraction of sp³-hybridized carbons (Fsp3) is 0.200. The van der Waals surface area contributed by atoms with Gasteiger partial charge in [-0.15, -0.1) is 0 Å². The highest BCUT2D eigenvalue weighted by atomic mass is 19.2. The summed E-state index contributed by atoms with van der Waals surface area (Å²) in [5, 5.41) is 0. The van der Waals surface area contributed by atoms with Crippen molar-refractivity contribution >= 4 is 0 Å². The van der Waals surface area contributed by atoms with Crippen molar-refractivity contribution in [1.29, 1.82) is 0 Å². The number of aryl methyl sites for hydroxylation is 2. The van der Waals surface area contributed by atoms with Crippen LogP contribution in [0.5, 0.6) is 0 Å². The van der Waals surface area contributed by atoms with Crippen molar-refractivity contribution in [3.63, 3.8) is 0 Å². The lowest BCUT2D eigenvalue weighted by Gasteiger charge is -2.12. The Kier molecular flexibility index (Phi) is 6.98. The molecule has 0 heterocycles. The quantitative estimate of drug-likeness (QED) is 0.267. The smallest absolute Gasteiger partial charge is 0.167 e. The zero-order valence-corrected chi connectivity index (χ0v) is 19.0. The predicted molar refractivity (Wildman–Crippen MR) is 131 cm³/mol. The fourth-order valence-electron chi connectivity index (χ4n) is 4.19. The van der Waals surface area contributed by atoms with Crippen LogP contribution in [0.2, 0.25) is 0 Å². The van der Waals surface area contributed by atoms with Crippen molar-refractivity contribution in [3.05, 3.63) is 107 Å². The van der Waals surface area contributed by atoms with Crippen LogP contribution in [0.3, 0.4) is 0 Å². The Morgan fingerprint density at radius 1 is 0.485 bits per heavy atom. The summed E-state index contributed by atoms with van der Waals surface area (Å²) < 4.78 is 45.0. The minimum absolute atomic E-state index is 0.0441. The Labute approximate surface area is 193 Å². The fourth-order valence-corrected chi connectivity index (χ4v) is 4.19. The van der Waals surface area contributed by atoms with Gasteiger partial charge in [0.1, 0.15) is 5.82 Å². The summed E-state index contributed by atoms with van der Waals surface area (Å²) >= 11 is 0. The van der Waals surface area contributed by atoms with Gasteiger partial charge >= 0.3 is 0 Å². The molecular weight excluding hydrogens is 417 g/mol. The van der Waals surface area contributed by atoms with Crippen LogP contribution in [-0.4, -0.2) is 0 Å². The van der Waals surface area contributed by atoms with E-state index in [1.54, 1.807) is 18.2 Å². The molecule has 0 saturated carbocycles. The first-order valence-electron chi connectivity index (χ1n) is 11.5. The highest BCUT2D eigenvalue weighted by molar-refractivity contribution is 5.75. The molecule has 0 aliphatic rings. The summed E-state index contributed by atoms with van der Waals surface area (Å²) in [6.45, 7) is 4.22. The SMILES string of the molecule is CCCc1ccc(-c2ccc(-c3ccc(-c4ccc(CCC)cc4)c(F)c3F)c(F)c2)cc1. The first-order chi connectivity index (χ1) is 16.0. The Balaban J connectivity index is 1.64. The van der Waals surface area contributed by atoms with Gasteiger partial charge in [-0.1, -0.05) is 99.5 Å². The molecule has 4 aromatic rings. The lowest BCUT2D eigenvalue weighted by molar-refractivity contribution is 0.513. The number of hydrogen-bond acceptors (Lipinski definition) is 0. The van der Waals surface area contributed by atoms with Gasteiger partial charge in [0.2, 0.25) is 0 Å². The largest absolute Gasteiger partial charge is 0.206 e. The lowest BCUT2D eigenvalue weighted by atomic mass is 9.95. The van der Waals surface area contributed by atoms with Crippen LogP contribution in [0, 0.1) is 17.5 Å². The zero-order valence-electron chi connectivity index (χ0n) is 19.0. The summed E-state index contributed by atoms with van der Waals surface area (Å²) in [4.78, 5) is 0. The number of rotatable bonds is 7. The Morgan fingerprint density at radius 2 is 0.939 bits per heavy atom. The summed E-state index contributed by atoms with van der Waals surface area (Å²) in [5.41, 5.74) is 4.70. The van der Waals surface area contributed by atoms with Gasteiger partial charge < -0.3 is 0 Å². The molecule has 0 amide bonds. The topological polar surface area (TPSA) is 0 Å². The van der Waals surface area contributed by atoms with E-state index in [0.29, 0.717) is 11.1 Å². The summed E-state index contributed by atoms with van der Waals surface area (Å²) in [6.07, 6.45) is 4.02. The minimum atomic E-state index is -1.04. The van der Waals surface area contributed by atoms with Crippen molar-refractivity contribution in [1.82, 2.24) is 0 Å². The Hall–Kier alpha value is -3.33. The molecule has 3 heteroatoms. The Morgan fingerprint density at radius 3 is 1.48 bits per heavy atom. The van der Waals surface area contributed by atoms with Crippen molar-refractivity contribution in [2.75, 3.05) is 0 Å². The van der Waals surface area contributed by atoms with E-state index >= 15 is 4.39 Å². The standard InChI is InChI=1S/C30H27F3/c1-3-5-20-7-11-22(12-8-20)24-15-16-26(28(31)19-24)27-18-17-25(29(32)30(27)33)23-13-9-21(6-4-2)10-14-23/h7-19H,3-6H2,1-2H3. The summed E-state index contributed by atoms with van der Waals surface area (Å²) in [7, 11) is 0. The predicted octanol–water partition coefficient (Wildman–Crippen LogP) is 9.01. The molecule has 0 saturated heterocycles. The van der Waals surface area contributed by atoms with Crippen molar-refractivity contribution in [3.8, 4) is 33.4 Å². The molecule has 168 valence electrons. The molecular formula is C30H27F3. The summed E-state index contributed by atoms with van der Waals surface area (Å²) in [5.74, 6) is -2.59. The molecule has 0 atom stereocenters. The van der Waals surface area contributed by atoms with E-state index < -0.39 is 17.5 Å². The van der Waals surface area contributed by atoms with Crippen LogP contribution in [0.4, 0.5) is 13.2 Å². The van der Waals surface area contributed by atoms with E-state index in [2.05, 4.69) is 13.8 Å². The third-order valence-electron chi connectivity index (χ3n) is 5.97. The maximum absolute atomic E-state index is 15.0. The van der Waals surface area contributed by atoms with Crippen molar-refractivity contribution in [2.24, 2.45) is 0 Å². The second-order valence-electron chi connectivity index (χ2n) is 8.38. The highest BCUT2D eigenvalue weighted by Gasteiger charge is 2.18. The van der Waals surface area contributed by atoms with E-state index in [1.165, 1.54) is 29.8 Å². The van der Waals surface area contributed by atoms with Gasteiger partial charge in [0.25, 0.3) is 0 Å². The molecule has 0 bridgehead atoms. The van der Waals surface area contributed by atoms with Gasteiger partial charge in [-0.3, -0.25) is 0 Å². The maximum Gasteiger partial charge on any atom is 0.167 e. The first kappa shape index (κ1) is 22.8. The molecule has 0 fully saturated rings.